The van der Waals surface area contributed by atoms with Crippen molar-refractivity contribution < 1.29 is 14.2 Å². The third-order valence-corrected chi connectivity index (χ3v) is 6.86. The Hall–Kier alpha value is -2.50. The van der Waals surface area contributed by atoms with Gasteiger partial charge in [-0.15, -0.1) is 0 Å². The lowest BCUT2D eigenvalue weighted by Gasteiger charge is -2.56. The Bertz CT molecular complexity index is 952. The second kappa shape index (κ2) is 6.00. The number of fused-ring (bicyclic) bond motifs is 2. The predicted molar refractivity (Wildman–Crippen MR) is 105 cm³/mol. The first kappa shape index (κ1) is 17.6. The summed E-state index contributed by atoms with van der Waals surface area (Å²) in [6, 6.07) is 15.0. The van der Waals surface area contributed by atoms with Gasteiger partial charge in [-0.2, -0.15) is 0 Å². The van der Waals surface area contributed by atoms with Crippen molar-refractivity contribution in [1.29, 1.82) is 0 Å². The van der Waals surface area contributed by atoms with E-state index >= 15 is 0 Å². The third-order valence-electron chi connectivity index (χ3n) is 6.86. The number of hydroxylamine groups is 3. The van der Waals surface area contributed by atoms with Crippen LogP contribution in [0, 0.1) is 5.21 Å². The summed E-state index contributed by atoms with van der Waals surface area (Å²) < 4.78 is -0.346. The van der Waals surface area contributed by atoms with Crippen molar-refractivity contribution in [3.05, 3.63) is 76.0 Å². The monoisotopic (exact) mass is 376 g/mol. The number of carbonyl (C=O) groups is 2. The normalized spacial score (nSPS) is 31.8. The highest BCUT2D eigenvalue weighted by Gasteiger charge is 2.52. The fourth-order valence-electron chi connectivity index (χ4n) is 5.61. The topological polar surface area (TPSA) is 60.4 Å². The minimum atomic E-state index is -0.759. The van der Waals surface area contributed by atoms with Gasteiger partial charge in [-0.1, -0.05) is 36.4 Å². The van der Waals surface area contributed by atoms with Crippen LogP contribution in [-0.2, 0) is 6.42 Å². The number of piperidine rings is 1. The van der Waals surface area contributed by atoms with Crippen molar-refractivity contribution in [1.82, 2.24) is 4.90 Å². The first-order chi connectivity index (χ1) is 13.4. The first-order valence-electron chi connectivity index (χ1n) is 10.1. The molecule has 144 valence electrons. The number of nitrogens with zero attached hydrogens (tertiary/aromatic N) is 2. The van der Waals surface area contributed by atoms with E-state index < -0.39 is 5.54 Å². The van der Waals surface area contributed by atoms with Crippen LogP contribution in [0.5, 0.6) is 0 Å². The molecule has 3 atom stereocenters. The van der Waals surface area contributed by atoms with Gasteiger partial charge in [0.05, 0.1) is 23.2 Å². The highest BCUT2D eigenvalue weighted by Crippen LogP contribution is 2.45. The average Bonchev–Trinajstić information content (AvgIpc) is 3.22. The molecule has 5 heteroatoms. The van der Waals surface area contributed by atoms with Crippen LogP contribution in [-0.4, -0.2) is 40.0 Å². The number of amides is 2. The number of hydrogen-bond acceptors (Lipinski definition) is 3. The molecule has 0 N–H and O–H groups in total. The quantitative estimate of drug-likeness (QED) is 0.455. The number of hydrogen-bond donors (Lipinski definition) is 0. The van der Waals surface area contributed by atoms with Crippen molar-refractivity contribution in [3.8, 4) is 0 Å². The van der Waals surface area contributed by atoms with Crippen LogP contribution in [0.1, 0.15) is 64.1 Å². The minimum Gasteiger partial charge on any atom is -0.632 e. The van der Waals surface area contributed by atoms with E-state index in [1.54, 1.807) is 24.3 Å². The van der Waals surface area contributed by atoms with E-state index in [1.165, 1.54) is 10.5 Å². The molecule has 28 heavy (non-hydrogen) atoms. The second-order valence-electron chi connectivity index (χ2n) is 8.68. The van der Waals surface area contributed by atoms with Crippen LogP contribution in [0.3, 0.4) is 0 Å². The molecule has 1 saturated heterocycles. The van der Waals surface area contributed by atoms with Crippen molar-refractivity contribution >= 4 is 11.8 Å². The van der Waals surface area contributed by atoms with Crippen LogP contribution in [0.25, 0.3) is 0 Å². The average molecular weight is 376 g/mol. The lowest BCUT2D eigenvalue weighted by atomic mass is 9.87. The summed E-state index contributed by atoms with van der Waals surface area (Å²) in [5, 5.41) is 14.0. The fourth-order valence-corrected chi connectivity index (χ4v) is 5.61. The highest BCUT2D eigenvalue weighted by atomic mass is 16.5. The van der Waals surface area contributed by atoms with E-state index in [9.17, 15) is 14.8 Å². The maximum absolute atomic E-state index is 14.0. The lowest BCUT2D eigenvalue weighted by Crippen LogP contribution is -2.64. The SMILES string of the molecule is CC1(N2C(=O)c3ccccc3C2=O)CCC[N+]([O-])(C2CCc3ccccc32)C1. The van der Waals surface area contributed by atoms with Gasteiger partial charge in [0, 0.05) is 12.0 Å². The number of aryl methyl sites for hydroxylation is 1. The molecule has 2 aromatic carbocycles. The molecule has 3 aliphatic rings. The third kappa shape index (κ3) is 2.39. The molecular formula is C23H24N2O3. The zero-order chi connectivity index (χ0) is 19.5. The van der Waals surface area contributed by atoms with Gasteiger partial charge in [0.2, 0.25) is 0 Å². The largest absolute Gasteiger partial charge is 0.632 e. The van der Waals surface area contributed by atoms with Gasteiger partial charge in [-0.05, 0) is 43.9 Å². The molecule has 2 aromatic rings. The smallest absolute Gasteiger partial charge is 0.262 e. The van der Waals surface area contributed by atoms with Crippen molar-refractivity contribution in [2.45, 2.75) is 44.2 Å². The Morgan fingerprint density at radius 2 is 1.68 bits per heavy atom. The van der Waals surface area contributed by atoms with Crippen molar-refractivity contribution in [3.63, 3.8) is 0 Å². The van der Waals surface area contributed by atoms with E-state index in [0.717, 1.165) is 18.4 Å². The maximum Gasteiger partial charge on any atom is 0.262 e. The molecule has 0 aromatic heterocycles. The van der Waals surface area contributed by atoms with Crippen LogP contribution in [0.4, 0.5) is 0 Å². The number of rotatable bonds is 2. The highest BCUT2D eigenvalue weighted by molar-refractivity contribution is 6.21. The van der Waals surface area contributed by atoms with E-state index in [1.807, 2.05) is 19.1 Å². The molecule has 0 saturated carbocycles. The number of carbonyl (C=O) groups excluding carboxylic acids is 2. The molecule has 2 heterocycles. The zero-order valence-corrected chi connectivity index (χ0v) is 16.1. The Kier molecular flexibility index (Phi) is 3.77. The molecule has 3 unspecified atom stereocenters. The molecule has 5 nitrogen and oxygen atoms in total. The summed E-state index contributed by atoms with van der Waals surface area (Å²) in [6.07, 6.45) is 3.15. The Labute approximate surface area is 164 Å². The van der Waals surface area contributed by atoms with Crippen molar-refractivity contribution in [2.75, 3.05) is 13.1 Å². The summed E-state index contributed by atoms with van der Waals surface area (Å²) in [7, 11) is 0. The van der Waals surface area contributed by atoms with E-state index in [4.69, 9.17) is 0 Å². The van der Waals surface area contributed by atoms with Crippen LogP contribution in [0.15, 0.2) is 48.5 Å². The molecule has 1 fully saturated rings. The van der Waals surface area contributed by atoms with Gasteiger partial charge in [0.25, 0.3) is 11.8 Å². The molecule has 0 spiro atoms. The molecule has 1 aliphatic carbocycles. The van der Waals surface area contributed by atoms with E-state index in [2.05, 4.69) is 12.1 Å². The maximum atomic E-state index is 14.0. The summed E-state index contributed by atoms with van der Waals surface area (Å²) in [4.78, 5) is 27.5. The second-order valence-corrected chi connectivity index (χ2v) is 8.68. The molecule has 2 aliphatic heterocycles. The van der Waals surface area contributed by atoms with Crippen LogP contribution in [0.2, 0.25) is 0 Å². The molecule has 5 rings (SSSR count). The van der Waals surface area contributed by atoms with Crippen LogP contribution < -0.4 is 0 Å². The van der Waals surface area contributed by atoms with Gasteiger partial charge < -0.3 is 9.85 Å². The van der Waals surface area contributed by atoms with Gasteiger partial charge in [-0.3, -0.25) is 14.5 Å². The Balaban J connectivity index is 1.49. The molecule has 2 amide bonds. The molecular weight excluding hydrogens is 352 g/mol. The molecule has 0 radical (unpaired) electrons. The Morgan fingerprint density at radius 1 is 1.04 bits per heavy atom. The summed E-state index contributed by atoms with van der Waals surface area (Å²) in [5.41, 5.74) is 2.55. The fraction of sp³-hybridized carbons (Fsp3) is 0.391. The Morgan fingerprint density at radius 3 is 2.39 bits per heavy atom. The van der Waals surface area contributed by atoms with Crippen LogP contribution >= 0.6 is 0 Å². The minimum absolute atomic E-state index is 0.106. The summed E-state index contributed by atoms with van der Waals surface area (Å²) in [5.74, 6) is -0.522. The standard InChI is InChI=1S/C23H24N2O3/c1-23(24-21(26)18-9-4-5-10-19(18)22(24)27)13-6-14-25(28,15-23)20-12-11-16-7-2-3-8-17(16)20/h2-5,7-10,20H,6,11-15H2,1H3. The van der Waals surface area contributed by atoms with Gasteiger partial charge in [0.1, 0.15) is 12.6 Å². The van der Waals surface area contributed by atoms with E-state index in [0.29, 0.717) is 30.5 Å². The lowest BCUT2D eigenvalue weighted by molar-refractivity contribution is -0.920. The van der Waals surface area contributed by atoms with Gasteiger partial charge in [-0.25, -0.2) is 0 Å². The number of benzene rings is 2. The zero-order valence-electron chi connectivity index (χ0n) is 16.1. The number of imide groups is 1. The van der Waals surface area contributed by atoms with Crippen molar-refractivity contribution in [2.24, 2.45) is 0 Å². The van der Waals surface area contributed by atoms with Gasteiger partial charge in [0.15, 0.2) is 0 Å². The first-order valence-corrected chi connectivity index (χ1v) is 10.1. The van der Waals surface area contributed by atoms with Gasteiger partial charge >= 0.3 is 0 Å². The van der Waals surface area contributed by atoms with E-state index in [-0.39, 0.29) is 29.0 Å². The summed E-state index contributed by atoms with van der Waals surface area (Å²) >= 11 is 0. The predicted octanol–water partition coefficient (Wildman–Crippen LogP) is 3.84. The number of quaternary nitrogens is 1. The number of likely N-dealkylation sites (tertiary alicyclic amines) is 1. The summed E-state index contributed by atoms with van der Waals surface area (Å²) in [6.45, 7) is 2.72. The molecule has 0 bridgehead atoms.